The molecular weight excluding hydrogens is 242 g/mol. The van der Waals surface area contributed by atoms with Gasteiger partial charge in [-0.05, 0) is 31.1 Å². The van der Waals surface area contributed by atoms with Crippen molar-refractivity contribution in [1.82, 2.24) is 4.90 Å². The van der Waals surface area contributed by atoms with E-state index in [1.165, 1.54) is 0 Å². The summed E-state index contributed by atoms with van der Waals surface area (Å²) in [4.78, 5) is 25.6. The van der Waals surface area contributed by atoms with Crippen LogP contribution in [0, 0.1) is 17.3 Å². The number of likely N-dealkylation sites (tertiary alicyclic amines) is 1. The lowest BCUT2D eigenvalue weighted by Crippen LogP contribution is -2.46. The summed E-state index contributed by atoms with van der Waals surface area (Å²) in [6.07, 6.45) is 6.86. The largest absolute Gasteiger partial charge is 0.481 e. The van der Waals surface area contributed by atoms with Gasteiger partial charge in [0.05, 0.1) is 11.8 Å². The molecule has 1 N–H and O–H groups in total. The third-order valence-electron chi connectivity index (χ3n) is 4.50. The first-order valence-corrected chi connectivity index (χ1v) is 7.07. The van der Waals surface area contributed by atoms with E-state index < -0.39 is 11.9 Å². The highest BCUT2D eigenvalue weighted by molar-refractivity contribution is 5.85. The quantitative estimate of drug-likeness (QED) is 0.779. The van der Waals surface area contributed by atoms with Crippen LogP contribution in [0.4, 0.5) is 0 Å². The second-order valence-electron chi connectivity index (χ2n) is 6.48. The van der Waals surface area contributed by atoms with Crippen molar-refractivity contribution in [1.29, 1.82) is 0 Å². The molecule has 1 aliphatic carbocycles. The third-order valence-corrected chi connectivity index (χ3v) is 4.50. The van der Waals surface area contributed by atoms with Crippen molar-refractivity contribution in [3.63, 3.8) is 0 Å². The fourth-order valence-corrected chi connectivity index (χ4v) is 2.93. The Hall–Kier alpha value is -1.32. The lowest BCUT2D eigenvalue weighted by Gasteiger charge is -2.39. The Kier molecular flexibility index (Phi) is 3.97. The maximum absolute atomic E-state index is 12.5. The van der Waals surface area contributed by atoms with Gasteiger partial charge in [-0.15, -0.1) is 0 Å². The maximum atomic E-state index is 12.5. The topological polar surface area (TPSA) is 57.6 Å². The molecule has 0 unspecified atom stereocenters. The molecule has 0 aromatic rings. The summed E-state index contributed by atoms with van der Waals surface area (Å²) in [5, 5.41) is 9.23. The van der Waals surface area contributed by atoms with Crippen LogP contribution in [0.15, 0.2) is 12.2 Å². The van der Waals surface area contributed by atoms with Crippen LogP contribution in [-0.4, -0.2) is 35.0 Å². The van der Waals surface area contributed by atoms with Gasteiger partial charge in [-0.1, -0.05) is 26.0 Å². The fraction of sp³-hybridized carbons (Fsp3) is 0.733. The molecule has 2 rings (SSSR count). The Bertz CT molecular complexity index is 390. The van der Waals surface area contributed by atoms with Crippen molar-refractivity contribution in [3.8, 4) is 0 Å². The first-order valence-electron chi connectivity index (χ1n) is 7.07. The summed E-state index contributed by atoms with van der Waals surface area (Å²) in [5.41, 5.74) is 0.301. The number of allylic oxidation sites excluding steroid dienone is 2. The van der Waals surface area contributed by atoms with Crippen LogP contribution in [-0.2, 0) is 9.59 Å². The molecule has 2 aliphatic rings. The summed E-state index contributed by atoms with van der Waals surface area (Å²) >= 11 is 0. The van der Waals surface area contributed by atoms with Gasteiger partial charge in [0.15, 0.2) is 0 Å². The molecule has 19 heavy (non-hydrogen) atoms. The van der Waals surface area contributed by atoms with E-state index in [0.717, 1.165) is 25.9 Å². The molecule has 4 nitrogen and oxygen atoms in total. The van der Waals surface area contributed by atoms with E-state index in [0.29, 0.717) is 18.3 Å². The Balaban J connectivity index is 2.03. The van der Waals surface area contributed by atoms with Gasteiger partial charge in [-0.3, -0.25) is 9.59 Å². The smallest absolute Gasteiger partial charge is 0.307 e. The second-order valence-corrected chi connectivity index (χ2v) is 6.48. The highest BCUT2D eigenvalue weighted by Crippen LogP contribution is 2.33. The van der Waals surface area contributed by atoms with E-state index in [2.05, 4.69) is 13.8 Å². The summed E-state index contributed by atoms with van der Waals surface area (Å²) in [7, 11) is 0. The number of hydrogen-bond acceptors (Lipinski definition) is 2. The molecule has 2 atom stereocenters. The van der Waals surface area contributed by atoms with Crippen molar-refractivity contribution in [2.24, 2.45) is 17.3 Å². The second kappa shape index (κ2) is 5.35. The average Bonchev–Trinajstić information content (AvgIpc) is 2.38. The van der Waals surface area contributed by atoms with E-state index in [1.54, 1.807) is 0 Å². The monoisotopic (exact) mass is 265 g/mol. The molecular formula is C15H23NO3. The summed E-state index contributed by atoms with van der Waals surface area (Å²) < 4.78 is 0. The SMILES string of the molecule is CC1(C)CCN(C(=O)[C@@H]2CC=CC[C@@H]2C(=O)O)CC1. The highest BCUT2D eigenvalue weighted by atomic mass is 16.4. The van der Waals surface area contributed by atoms with E-state index >= 15 is 0 Å². The number of rotatable bonds is 2. The number of amides is 1. The normalized spacial score (nSPS) is 30.1. The number of carboxylic acids is 1. The Labute approximate surface area is 114 Å². The predicted molar refractivity (Wildman–Crippen MR) is 72.6 cm³/mol. The van der Waals surface area contributed by atoms with Crippen molar-refractivity contribution < 1.29 is 14.7 Å². The molecule has 0 bridgehead atoms. The first-order chi connectivity index (χ1) is 8.91. The van der Waals surface area contributed by atoms with E-state index in [1.807, 2.05) is 17.1 Å². The Morgan fingerprint density at radius 2 is 1.63 bits per heavy atom. The standard InChI is InChI=1S/C15H23NO3/c1-15(2)7-9-16(10-8-15)13(17)11-5-3-4-6-12(11)14(18)19/h3-4,11-12H,5-10H2,1-2H3,(H,18,19)/t11-,12+/m1/s1. The molecule has 1 aliphatic heterocycles. The minimum atomic E-state index is -0.847. The number of carbonyl (C=O) groups is 2. The number of piperidine rings is 1. The number of carboxylic acid groups (broad SMARTS) is 1. The zero-order valence-electron chi connectivity index (χ0n) is 11.8. The molecule has 0 aromatic heterocycles. The van der Waals surface area contributed by atoms with Gasteiger partial charge in [-0.25, -0.2) is 0 Å². The van der Waals surface area contributed by atoms with Gasteiger partial charge in [0.2, 0.25) is 5.91 Å². The van der Waals surface area contributed by atoms with Crippen molar-refractivity contribution in [2.45, 2.75) is 39.5 Å². The number of hydrogen-bond donors (Lipinski definition) is 1. The first kappa shape index (κ1) is 14.1. The molecule has 0 saturated carbocycles. The van der Waals surface area contributed by atoms with Crippen LogP contribution in [0.3, 0.4) is 0 Å². The number of carbonyl (C=O) groups excluding carboxylic acids is 1. The average molecular weight is 265 g/mol. The Morgan fingerprint density at radius 1 is 1.11 bits per heavy atom. The van der Waals surface area contributed by atoms with Gasteiger partial charge >= 0.3 is 5.97 Å². The lowest BCUT2D eigenvalue weighted by atomic mass is 9.79. The number of nitrogens with zero attached hydrogens (tertiary/aromatic N) is 1. The minimum Gasteiger partial charge on any atom is -0.481 e. The zero-order valence-corrected chi connectivity index (χ0v) is 11.8. The van der Waals surface area contributed by atoms with Crippen molar-refractivity contribution in [2.75, 3.05) is 13.1 Å². The lowest BCUT2D eigenvalue weighted by molar-refractivity contribution is -0.151. The summed E-state index contributed by atoms with van der Waals surface area (Å²) in [5.74, 6) is -1.73. The number of aliphatic carboxylic acids is 1. The molecule has 1 fully saturated rings. The molecule has 1 saturated heterocycles. The van der Waals surface area contributed by atoms with Gasteiger partial charge < -0.3 is 10.0 Å². The van der Waals surface area contributed by atoms with Crippen molar-refractivity contribution in [3.05, 3.63) is 12.2 Å². The van der Waals surface area contributed by atoms with Crippen molar-refractivity contribution >= 4 is 11.9 Å². The van der Waals surface area contributed by atoms with Crippen LogP contribution in [0.1, 0.15) is 39.5 Å². The van der Waals surface area contributed by atoms with Gasteiger partial charge in [0, 0.05) is 13.1 Å². The zero-order chi connectivity index (χ0) is 14.0. The molecule has 106 valence electrons. The van der Waals surface area contributed by atoms with Crippen LogP contribution in [0.5, 0.6) is 0 Å². The molecule has 1 heterocycles. The molecule has 4 heteroatoms. The van der Waals surface area contributed by atoms with E-state index in [4.69, 9.17) is 0 Å². The van der Waals surface area contributed by atoms with Crippen LogP contribution in [0.25, 0.3) is 0 Å². The minimum absolute atomic E-state index is 0.0345. The van der Waals surface area contributed by atoms with Crippen LogP contribution < -0.4 is 0 Å². The van der Waals surface area contributed by atoms with E-state index in [9.17, 15) is 14.7 Å². The fourth-order valence-electron chi connectivity index (χ4n) is 2.93. The predicted octanol–water partition coefficient (Wildman–Crippen LogP) is 2.30. The molecule has 0 aromatic carbocycles. The Morgan fingerprint density at radius 3 is 2.16 bits per heavy atom. The summed E-state index contributed by atoms with van der Waals surface area (Å²) in [6.45, 7) is 5.97. The van der Waals surface area contributed by atoms with Gasteiger partial charge in [0.25, 0.3) is 0 Å². The summed E-state index contributed by atoms with van der Waals surface area (Å²) in [6, 6.07) is 0. The third kappa shape index (κ3) is 3.17. The van der Waals surface area contributed by atoms with Gasteiger partial charge in [0.1, 0.15) is 0 Å². The maximum Gasteiger partial charge on any atom is 0.307 e. The van der Waals surface area contributed by atoms with Gasteiger partial charge in [-0.2, -0.15) is 0 Å². The van der Waals surface area contributed by atoms with Crippen LogP contribution >= 0.6 is 0 Å². The molecule has 0 spiro atoms. The molecule has 0 radical (unpaired) electrons. The van der Waals surface area contributed by atoms with Crippen LogP contribution in [0.2, 0.25) is 0 Å². The highest BCUT2D eigenvalue weighted by Gasteiger charge is 2.38. The molecule has 1 amide bonds. The van der Waals surface area contributed by atoms with E-state index in [-0.39, 0.29) is 11.8 Å².